The molecular weight excluding hydrogens is 284 g/mol. The lowest BCUT2D eigenvalue weighted by Crippen LogP contribution is -2.55. The van der Waals surface area contributed by atoms with Crippen molar-refractivity contribution in [3.8, 4) is 5.75 Å². The Balaban J connectivity index is 1.95. The number of nitrogens with zero attached hydrogens (tertiary/aromatic N) is 2. The van der Waals surface area contributed by atoms with E-state index < -0.39 is 6.03 Å². The first kappa shape index (κ1) is 16.1. The first-order valence-corrected chi connectivity index (χ1v) is 7.25. The highest BCUT2D eigenvalue weighted by atomic mass is 16.5. The second-order valence-corrected chi connectivity index (χ2v) is 5.22. The molecule has 1 aromatic carbocycles. The molecule has 1 atom stereocenters. The molecular formula is C15H22N4O3. The van der Waals surface area contributed by atoms with E-state index in [1.54, 1.807) is 14.0 Å². The molecule has 120 valence electrons. The van der Waals surface area contributed by atoms with Crippen LogP contribution in [0.3, 0.4) is 0 Å². The second-order valence-electron chi connectivity index (χ2n) is 5.22. The number of methoxy groups -OCH3 is 1. The predicted octanol–water partition coefficient (Wildman–Crippen LogP) is 0.401. The van der Waals surface area contributed by atoms with Gasteiger partial charge >= 0.3 is 6.03 Å². The largest absolute Gasteiger partial charge is 0.495 e. The van der Waals surface area contributed by atoms with Crippen LogP contribution in [0.25, 0.3) is 0 Å². The molecule has 0 aliphatic carbocycles. The minimum absolute atomic E-state index is 0.363. The first-order chi connectivity index (χ1) is 10.5. The zero-order valence-corrected chi connectivity index (χ0v) is 12.9. The highest BCUT2D eigenvalue weighted by Crippen LogP contribution is 2.28. The summed E-state index contributed by atoms with van der Waals surface area (Å²) in [6.45, 7) is 4.80. The zero-order chi connectivity index (χ0) is 16.1. The third-order valence-corrected chi connectivity index (χ3v) is 3.91. The first-order valence-electron chi connectivity index (χ1n) is 7.25. The average molecular weight is 306 g/mol. The monoisotopic (exact) mass is 306 g/mol. The van der Waals surface area contributed by atoms with Crippen LogP contribution in [0.15, 0.2) is 24.3 Å². The van der Waals surface area contributed by atoms with Crippen molar-refractivity contribution in [1.82, 2.24) is 10.2 Å². The summed E-state index contributed by atoms with van der Waals surface area (Å²) >= 11 is 0. The third-order valence-electron chi connectivity index (χ3n) is 3.91. The average Bonchev–Trinajstić information content (AvgIpc) is 2.53. The number of nitrogens with one attached hydrogen (secondary N) is 1. The van der Waals surface area contributed by atoms with E-state index in [0.29, 0.717) is 0 Å². The van der Waals surface area contributed by atoms with Crippen molar-refractivity contribution in [3.05, 3.63) is 24.3 Å². The van der Waals surface area contributed by atoms with Gasteiger partial charge in [0, 0.05) is 26.2 Å². The number of piperazine rings is 1. The third kappa shape index (κ3) is 3.67. The van der Waals surface area contributed by atoms with Crippen LogP contribution in [0, 0.1) is 0 Å². The van der Waals surface area contributed by atoms with Crippen LogP contribution in [0.4, 0.5) is 10.5 Å². The van der Waals surface area contributed by atoms with Gasteiger partial charge in [0.2, 0.25) is 5.91 Å². The van der Waals surface area contributed by atoms with Crippen molar-refractivity contribution in [1.29, 1.82) is 0 Å². The number of urea groups is 1. The molecule has 0 aromatic heterocycles. The van der Waals surface area contributed by atoms with E-state index in [2.05, 4.69) is 10.2 Å². The van der Waals surface area contributed by atoms with Gasteiger partial charge in [-0.3, -0.25) is 15.0 Å². The topological polar surface area (TPSA) is 87.9 Å². The molecule has 0 unspecified atom stereocenters. The van der Waals surface area contributed by atoms with Crippen LogP contribution in [-0.4, -0.2) is 56.2 Å². The summed E-state index contributed by atoms with van der Waals surface area (Å²) in [6, 6.07) is 6.68. The summed E-state index contributed by atoms with van der Waals surface area (Å²) < 4.78 is 5.38. The summed E-state index contributed by atoms with van der Waals surface area (Å²) in [5.41, 5.74) is 6.03. The molecule has 1 fully saturated rings. The Bertz CT molecular complexity index is 541. The SMILES string of the molecule is COc1ccccc1N1CCN([C@H](C)C(=O)NC(N)=O)CC1. The smallest absolute Gasteiger partial charge is 0.318 e. The number of amides is 3. The fraction of sp³-hybridized carbons (Fsp3) is 0.467. The lowest BCUT2D eigenvalue weighted by atomic mass is 10.2. The predicted molar refractivity (Wildman–Crippen MR) is 84.0 cm³/mol. The number of hydrogen-bond acceptors (Lipinski definition) is 5. The minimum atomic E-state index is -0.815. The van der Waals surface area contributed by atoms with Gasteiger partial charge in [-0.05, 0) is 19.1 Å². The van der Waals surface area contributed by atoms with Crippen LogP contribution in [0.5, 0.6) is 5.75 Å². The Hall–Kier alpha value is -2.28. The Labute approximate surface area is 130 Å². The fourth-order valence-corrected chi connectivity index (χ4v) is 2.63. The highest BCUT2D eigenvalue weighted by Gasteiger charge is 2.27. The number of imide groups is 1. The summed E-state index contributed by atoms with van der Waals surface area (Å²) in [4.78, 5) is 26.8. The molecule has 1 saturated heterocycles. The van der Waals surface area contributed by atoms with Gasteiger partial charge in [0.15, 0.2) is 0 Å². The molecule has 2 rings (SSSR count). The van der Waals surface area contributed by atoms with Gasteiger partial charge in [-0.25, -0.2) is 4.79 Å². The Morgan fingerprint density at radius 1 is 1.23 bits per heavy atom. The molecule has 1 aromatic rings. The number of benzene rings is 1. The molecule has 0 radical (unpaired) electrons. The number of carbonyl (C=O) groups is 2. The maximum Gasteiger partial charge on any atom is 0.318 e. The summed E-state index contributed by atoms with van der Waals surface area (Å²) in [5.74, 6) is 0.480. The molecule has 1 heterocycles. The number of carbonyl (C=O) groups excluding carboxylic acids is 2. The maximum atomic E-state index is 11.8. The van der Waals surface area contributed by atoms with Crippen LogP contribution >= 0.6 is 0 Å². The quantitative estimate of drug-likeness (QED) is 0.841. The maximum absolute atomic E-state index is 11.8. The van der Waals surface area contributed by atoms with E-state index in [1.807, 2.05) is 29.2 Å². The van der Waals surface area contributed by atoms with Crippen LogP contribution in [0.2, 0.25) is 0 Å². The molecule has 0 saturated carbocycles. The van der Waals surface area contributed by atoms with E-state index in [4.69, 9.17) is 10.5 Å². The number of ether oxygens (including phenoxy) is 1. The number of rotatable bonds is 4. The van der Waals surface area contributed by atoms with Crippen molar-refractivity contribution in [2.75, 3.05) is 38.2 Å². The van der Waals surface area contributed by atoms with Crippen molar-refractivity contribution < 1.29 is 14.3 Å². The van der Waals surface area contributed by atoms with Gasteiger partial charge in [0.25, 0.3) is 0 Å². The van der Waals surface area contributed by atoms with Crippen LogP contribution < -0.4 is 20.7 Å². The molecule has 1 aliphatic rings. The highest BCUT2D eigenvalue weighted by molar-refractivity contribution is 5.96. The number of nitrogens with two attached hydrogens (primary N) is 1. The van der Waals surface area contributed by atoms with E-state index in [-0.39, 0.29) is 11.9 Å². The van der Waals surface area contributed by atoms with Gasteiger partial charge in [-0.1, -0.05) is 12.1 Å². The Kier molecular flexibility index (Phi) is 5.21. The number of primary amides is 1. The molecule has 22 heavy (non-hydrogen) atoms. The molecule has 0 bridgehead atoms. The molecule has 3 N–H and O–H groups in total. The van der Waals surface area contributed by atoms with Gasteiger partial charge < -0.3 is 15.4 Å². The van der Waals surface area contributed by atoms with E-state index in [1.165, 1.54) is 0 Å². The van der Waals surface area contributed by atoms with Crippen molar-refractivity contribution in [3.63, 3.8) is 0 Å². The lowest BCUT2D eigenvalue weighted by Gasteiger charge is -2.38. The van der Waals surface area contributed by atoms with Gasteiger partial charge in [0.1, 0.15) is 5.75 Å². The molecule has 7 heteroatoms. The van der Waals surface area contributed by atoms with E-state index in [0.717, 1.165) is 37.6 Å². The summed E-state index contributed by atoms with van der Waals surface area (Å²) in [5, 5.41) is 2.13. The normalized spacial score (nSPS) is 16.9. The second kappa shape index (κ2) is 7.13. The standard InChI is InChI=1S/C15H22N4O3/c1-11(14(20)17-15(16)21)18-7-9-19(10-8-18)12-5-3-4-6-13(12)22-2/h3-6,11H,7-10H2,1-2H3,(H3,16,17,20,21)/t11-/m1/s1. The van der Waals surface area contributed by atoms with Crippen LogP contribution in [-0.2, 0) is 4.79 Å². The Morgan fingerprint density at radius 3 is 2.45 bits per heavy atom. The van der Waals surface area contributed by atoms with Crippen LogP contribution in [0.1, 0.15) is 6.92 Å². The lowest BCUT2D eigenvalue weighted by molar-refractivity contribution is -0.124. The fourth-order valence-electron chi connectivity index (χ4n) is 2.63. The Morgan fingerprint density at radius 2 is 1.86 bits per heavy atom. The van der Waals surface area contributed by atoms with Gasteiger partial charge in [-0.2, -0.15) is 0 Å². The van der Waals surface area contributed by atoms with Crippen molar-refractivity contribution >= 4 is 17.6 Å². The molecule has 1 aliphatic heterocycles. The molecule has 0 spiro atoms. The van der Waals surface area contributed by atoms with E-state index in [9.17, 15) is 9.59 Å². The van der Waals surface area contributed by atoms with Crippen molar-refractivity contribution in [2.24, 2.45) is 5.73 Å². The number of hydrogen-bond donors (Lipinski definition) is 2. The summed E-state index contributed by atoms with van der Waals surface area (Å²) in [7, 11) is 1.66. The zero-order valence-electron chi connectivity index (χ0n) is 12.9. The minimum Gasteiger partial charge on any atom is -0.495 e. The molecule has 7 nitrogen and oxygen atoms in total. The summed E-state index contributed by atoms with van der Waals surface area (Å²) in [6.07, 6.45) is 0. The molecule has 3 amide bonds. The number of anilines is 1. The van der Waals surface area contributed by atoms with Gasteiger partial charge in [0.05, 0.1) is 18.8 Å². The van der Waals surface area contributed by atoms with E-state index >= 15 is 0 Å². The van der Waals surface area contributed by atoms with Gasteiger partial charge in [-0.15, -0.1) is 0 Å². The number of para-hydroxylation sites is 2. The van der Waals surface area contributed by atoms with Crippen molar-refractivity contribution in [2.45, 2.75) is 13.0 Å².